The molecule has 2 rings (SSSR count). The number of nitrogens with two attached hydrogens (primary N) is 1. The molecule has 1 fully saturated rings. The Labute approximate surface area is 109 Å². The van der Waals surface area contributed by atoms with Crippen LogP contribution in [0.1, 0.15) is 10.4 Å². The quantitative estimate of drug-likeness (QED) is 0.611. The van der Waals surface area contributed by atoms with E-state index in [2.05, 4.69) is 5.32 Å². The highest BCUT2D eigenvalue weighted by atomic mass is 16.5. The standard InChI is InChI=1S/C12H14N2O5/c13-9-5-19-4-8(9)11(16)14-6-1-2-7(12(17)18)10(15)3-6/h1-3,8-9,15H,4-5,13H2,(H,14,16)(H,17,18). The minimum atomic E-state index is -1.23. The molecule has 1 saturated heterocycles. The van der Waals surface area contributed by atoms with Crippen molar-refractivity contribution in [2.24, 2.45) is 11.7 Å². The Bertz CT molecular complexity index is 517. The average Bonchev–Trinajstić information content (AvgIpc) is 2.75. The summed E-state index contributed by atoms with van der Waals surface area (Å²) in [6, 6.07) is 3.45. The van der Waals surface area contributed by atoms with Gasteiger partial charge in [-0.1, -0.05) is 0 Å². The fourth-order valence-electron chi connectivity index (χ4n) is 1.87. The summed E-state index contributed by atoms with van der Waals surface area (Å²) in [6.07, 6.45) is 0. The van der Waals surface area contributed by atoms with Gasteiger partial charge in [-0.3, -0.25) is 4.79 Å². The van der Waals surface area contributed by atoms with Crippen molar-refractivity contribution in [1.82, 2.24) is 0 Å². The summed E-state index contributed by atoms with van der Waals surface area (Å²) in [5.41, 5.74) is 5.80. The van der Waals surface area contributed by atoms with Crippen molar-refractivity contribution in [2.75, 3.05) is 18.5 Å². The minimum absolute atomic E-state index is 0.223. The maximum atomic E-state index is 11.9. The second-order valence-corrected chi connectivity index (χ2v) is 4.33. The van der Waals surface area contributed by atoms with Gasteiger partial charge in [0, 0.05) is 17.8 Å². The normalized spacial score (nSPS) is 22.2. The van der Waals surface area contributed by atoms with Gasteiger partial charge in [0.15, 0.2) is 0 Å². The zero-order valence-electron chi connectivity index (χ0n) is 10.00. The lowest BCUT2D eigenvalue weighted by Gasteiger charge is -2.13. The lowest BCUT2D eigenvalue weighted by atomic mass is 10.0. The molecule has 1 aliphatic heterocycles. The van der Waals surface area contributed by atoms with Gasteiger partial charge in [-0.15, -0.1) is 0 Å². The van der Waals surface area contributed by atoms with Gasteiger partial charge in [0.05, 0.1) is 19.1 Å². The lowest BCUT2D eigenvalue weighted by molar-refractivity contribution is -0.120. The van der Waals surface area contributed by atoms with Crippen molar-refractivity contribution in [2.45, 2.75) is 6.04 Å². The summed E-state index contributed by atoms with van der Waals surface area (Å²) in [5.74, 6) is -2.40. The number of phenols is 1. The molecule has 0 aromatic heterocycles. The molecule has 2 atom stereocenters. The third-order valence-electron chi connectivity index (χ3n) is 2.96. The molecule has 1 amide bonds. The Morgan fingerprint density at radius 2 is 2.11 bits per heavy atom. The molecule has 102 valence electrons. The van der Waals surface area contributed by atoms with Crippen LogP contribution in [0.2, 0.25) is 0 Å². The van der Waals surface area contributed by atoms with Crippen LogP contribution in [0, 0.1) is 5.92 Å². The Morgan fingerprint density at radius 3 is 2.63 bits per heavy atom. The number of benzene rings is 1. The Balaban J connectivity index is 2.09. The van der Waals surface area contributed by atoms with Crippen molar-refractivity contribution < 1.29 is 24.5 Å². The first-order chi connectivity index (χ1) is 8.99. The monoisotopic (exact) mass is 266 g/mol. The fourth-order valence-corrected chi connectivity index (χ4v) is 1.87. The largest absolute Gasteiger partial charge is 0.507 e. The molecule has 1 aromatic rings. The molecule has 0 bridgehead atoms. The number of aromatic hydroxyl groups is 1. The number of hydrogen-bond donors (Lipinski definition) is 4. The van der Waals surface area contributed by atoms with E-state index in [1.165, 1.54) is 18.2 Å². The molecule has 0 aliphatic carbocycles. The summed E-state index contributed by atoms with van der Waals surface area (Å²) in [6.45, 7) is 0.591. The van der Waals surface area contributed by atoms with Crippen LogP contribution in [0.5, 0.6) is 5.75 Å². The summed E-state index contributed by atoms with van der Waals surface area (Å²) < 4.78 is 5.09. The topological polar surface area (TPSA) is 122 Å². The average molecular weight is 266 g/mol. The Morgan fingerprint density at radius 1 is 1.37 bits per heavy atom. The maximum absolute atomic E-state index is 11.9. The molecule has 5 N–H and O–H groups in total. The van der Waals surface area contributed by atoms with E-state index < -0.39 is 17.6 Å². The predicted molar refractivity (Wildman–Crippen MR) is 66.0 cm³/mol. The number of carboxylic acids is 1. The molecule has 1 heterocycles. The van der Waals surface area contributed by atoms with Gasteiger partial charge in [0.1, 0.15) is 11.3 Å². The molecule has 1 aliphatic rings. The van der Waals surface area contributed by atoms with Crippen LogP contribution in [0.25, 0.3) is 0 Å². The van der Waals surface area contributed by atoms with Gasteiger partial charge in [-0.2, -0.15) is 0 Å². The van der Waals surface area contributed by atoms with Gasteiger partial charge in [0.2, 0.25) is 5.91 Å². The number of carboxylic acid groups (broad SMARTS) is 1. The van der Waals surface area contributed by atoms with Gasteiger partial charge in [-0.05, 0) is 12.1 Å². The second kappa shape index (κ2) is 5.25. The van der Waals surface area contributed by atoms with E-state index in [1.54, 1.807) is 0 Å². The van der Waals surface area contributed by atoms with Crippen LogP contribution in [-0.2, 0) is 9.53 Å². The number of rotatable bonds is 3. The third-order valence-corrected chi connectivity index (χ3v) is 2.96. The zero-order valence-corrected chi connectivity index (χ0v) is 10.00. The van der Waals surface area contributed by atoms with Crippen LogP contribution in [0.3, 0.4) is 0 Å². The number of hydrogen-bond acceptors (Lipinski definition) is 5. The lowest BCUT2D eigenvalue weighted by Crippen LogP contribution is -2.37. The van der Waals surface area contributed by atoms with Crippen molar-refractivity contribution in [1.29, 1.82) is 0 Å². The van der Waals surface area contributed by atoms with E-state index in [0.29, 0.717) is 12.3 Å². The van der Waals surface area contributed by atoms with E-state index >= 15 is 0 Å². The molecule has 2 unspecified atom stereocenters. The first kappa shape index (κ1) is 13.3. The minimum Gasteiger partial charge on any atom is -0.507 e. The number of anilines is 1. The fraction of sp³-hybridized carbons (Fsp3) is 0.333. The molecule has 0 radical (unpaired) electrons. The predicted octanol–water partition coefficient (Wildman–Crippen LogP) is 0.00260. The highest BCUT2D eigenvalue weighted by molar-refractivity contribution is 5.95. The van der Waals surface area contributed by atoms with E-state index in [0.717, 1.165) is 0 Å². The summed E-state index contributed by atoms with van der Waals surface area (Å²) in [4.78, 5) is 22.6. The molecule has 7 nitrogen and oxygen atoms in total. The maximum Gasteiger partial charge on any atom is 0.339 e. The number of aromatic carboxylic acids is 1. The third kappa shape index (κ3) is 2.83. The second-order valence-electron chi connectivity index (χ2n) is 4.33. The summed E-state index contributed by atoms with van der Waals surface area (Å²) >= 11 is 0. The highest BCUT2D eigenvalue weighted by Gasteiger charge is 2.31. The van der Waals surface area contributed by atoms with E-state index in [-0.39, 0.29) is 24.1 Å². The number of carbonyl (C=O) groups is 2. The number of carbonyl (C=O) groups excluding carboxylic acids is 1. The van der Waals surface area contributed by atoms with Crippen LogP contribution in [0.15, 0.2) is 18.2 Å². The molecular formula is C12H14N2O5. The molecule has 7 heteroatoms. The SMILES string of the molecule is NC1COCC1C(=O)Nc1ccc(C(=O)O)c(O)c1. The highest BCUT2D eigenvalue weighted by Crippen LogP contribution is 2.23. The van der Waals surface area contributed by atoms with Gasteiger partial charge in [0.25, 0.3) is 0 Å². The van der Waals surface area contributed by atoms with Crippen LogP contribution in [-0.4, -0.2) is 41.3 Å². The van der Waals surface area contributed by atoms with Crippen molar-refractivity contribution in [3.63, 3.8) is 0 Å². The van der Waals surface area contributed by atoms with Crippen molar-refractivity contribution in [3.8, 4) is 5.75 Å². The number of nitrogens with one attached hydrogen (secondary N) is 1. The summed E-state index contributed by atoms with van der Waals surface area (Å²) in [7, 11) is 0. The first-order valence-corrected chi connectivity index (χ1v) is 5.69. The number of amides is 1. The molecular weight excluding hydrogens is 252 g/mol. The van der Waals surface area contributed by atoms with E-state index in [9.17, 15) is 14.7 Å². The van der Waals surface area contributed by atoms with Crippen LogP contribution < -0.4 is 11.1 Å². The van der Waals surface area contributed by atoms with E-state index in [1.807, 2.05) is 0 Å². The zero-order chi connectivity index (χ0) is 14.0. The van der Waals surface area contributed by atoms with E-state index in [4.69, 9.17) is 15.6 Å². The smallest absolute Gasteiger partial charge is 0.339 e. The Hall–Kier alpha value is -2.12. The molecule has 0 saturated carbocycles. The molecule has 1 aromatic carbocycles. The number of ether oxygens (including phenoxy) is 1. The van der Waals surface area contributed by atoms with Gasteiger partial charge in [-0.25, -0.2) is 4.79 Å². The van der Waals surface area contributed by atoms with Crippen LogP contribution in [0.4, 0.5) is 5.69 Å². The molecule has 19 heavy (non-hydrogen) atoms. The van der Waals surface area contributed by atoms with Crippen molar-refractivity contribution >= 4 is 17.6 Å². The summed E-state index contributed by atoms with van der Waals surface area (Å²) in [5, 5.41) is 20.8. The molecule has 0 spiro atoms. The van der Waals surface area contributed by atoms with Gasteiger partial charge >= 0.3 is 5.97 Å². The van der Waals surface area contributed by atoms with Gasteiger partial charge < -0.3 is 26.0 Å². The van der Waals surface area contributed by atoms with Crippen LogP contribution >= 0.6 is 0 Å². The first-order valence-electron chi connectivity index (χ1n) is 5.69. The van der Waals surface area contributed by atoms with Crippen molar-refractivity contribution in [3.05, 3.63) is 23.8 Å². The Kier molecular flexibility index (Phi) is 3.68.